The van der Waals surface area contributed by atoms with Gasteiger partial charge in [0.25, 0.3) is 0 Å². The molecule has 0 spiro atoms. The Morgan fingerprint density at radius 3 is 3.36 bits per heavy atom. The highest BCUT2D eigenvalue weighted by Gasteiger charge is 2.07. The lowest BCUT2D eigenvalue weighted by Gasteiger charge is -2.17. The zero-order chi connectivity index (χ0) is 7.68. The third-order valence-electron chi connectivity index (χ3n) is 1.85. The van der Waals surface area contributed by atoms with Crippen molar-refractivity contribution in [3.8, 4) is 0 Å². The van der Waals surface area contributed by atoms with Crippen LogP contribution in [0.15, 0.2) is 17.1 Å². The van der Waals surface area contributed by atoms with Crippen molar-refractivity contribution in [1.82, 2.24) is 14.9 Å². The molecule has 58 valence electrons. The summed E-state index contributed by atoms with van der Waals surface area (Å²) >= 11 is 0. The van der Waals surface area contributed by atoms with Gasteiger partial charge in [0.15, 0.2) is 0 Å². The third kappa shape index (κ3) is 1.05. The summed E-state index contributed by atoms with van der Waals surface area (Å²) in [5, 5.41) is 3.18. The minimum absolute atomic E-state index is 0.135. The van der Waals surface area contributed by atoms with E-state index < -0.39 is 0 Å². The number of fused-ring (bicyclic) bond motifs is 1. The van der Waals surface area contributed by atoms with Crippen molar-refractivity contribution in [3.05, 3.63) is 28.4 Å². The van der Waals surface area contributed by atoms with Crippen LogP contribution in [0.3, 0.4) is 0 Å². The molecule has 11 heavy (non-hydrogen) atoms. The molecule has 1 aliphatic rings. The van der Waals surface area contributed by atoms with Gasteiger partial charge in [-0.15, -0.1) is 0 Å². The fourth-order valence-corrected chi connectivity index (χ4v) is 1.27. The number of nitrogens with zero attached hydrogens (tertiary/aromatic N) is 2. The molecule has 1 aliphatic heterocycles. The maximum Gasteiger partial charge on any atom is 0.347 e. The summed E-state index contributed by atoms with van der Waals surface area (Å²) in [5.41, 5.74) is 0.889. The second-order valence-corrected chi connectivity index (χ2v) is 2.55. The summed E-state index contributed by atoms with van der Waals surface area (Å²) in [5.74, 6) is 0. The first-order valence-corrected chi connectivity index (χ1v) is 3.63. The quantitative estimate of drug-likeness (QED) is 0.535. The van der Waals surface area contributed by atoms with E-state index in [-0.39, 0.29) is 5.69 Å². The number of rotatable bonds is 0. The normalized spacial score (nSPS) is 16.0. The third-order valence-corrected chi connectivity index (χ3v) is 1.85. The Morgan fingerprint density at radius 2 is 2.55 bits per heavy atom. The first kappa shape index (κ1) is 6.54. The Balaban J connectivity index is 2.58. The van der Waals surface area contributed by atoms with Gasteiger partial charge in [0.1, 0.15) is 0 Å². The van der Waals surface area contributed by atoms with Crippen LogP contribution in [0.4, 0.5) is 0 Å². The molecule has 0 atom stereocenters. The van der Waals surface area contributed by atoms with Crippen molar-refractivity contribution in [3.63, 3.8) is 0 Å². The minimum atomic E-state index is -0.135. The molecular formula is C7H9N3O. The van der Waals surface area contributed by atoms with Crippen LogP contribution in [0.2, 0.25) is 0 Å². The highest BCUT2D eigenvalue weighted by atomic mass is 16.1. The Hall–Kier alpha value is -1.16. The molecule has 1 aromatic rings. The molecule has 2 heterocycles. The Kier molecular flexibility index (Phi) is 1.47. The van der Waals surface area contributed by atoms with Crippen molar-refractivity contribution >= 4 is 0 Å². The van der Waals surface area contributed by atoms with Gasteiger partial charge < -0.3 is 5.32 Å². The van der Waals surface area contributed by atoms with E-state index in [0.717, 1.165) is 25.3 Å². The maximum absolute atomic E-state index is 11.1. The molecule has 4 heteroatoms. The SMILES string of the molecule is O=c1nccc2n1CCNC2. The van der Waals surface area contributed by atoms with Gasteiger partial charge >= 0.3 is 5.69 Å². The summed E-state index contributed by atoms with van der Waals surface area (Å²) in [4.78, 5) is 14.8. The molecule has 1 N–H and O–H groups in total. The van der Waals surface area contributed by atoms with Crippen LogP contribution in [-0.2, 0) is 13.1 Å². The predicted octanol–water partition coefficient (Wildman–Crippen LogP) is -0.653. The lowest BCUT2D eigenvalue weighted by atomic mass is 10.3. The number of hydrogen-bond acceptors (Lipinski definition) is 3. The van der Waals surface area contributed by atoms with E-state index in [2.05, 4.69) is 10.3 Å². The summed E-state index contributed by atoms with van der Waals surface area (Å²) in [6.45, 7) is 2.37. The second kappa shape index (κ2) is 2.47. The van der Waals surface area contributed by atoms with Crippen LogP contribution in [0.25, 0.3) is 0 Å². The average Bonchev–Trinajstić information content (AvgIpc) is 2.06. The van der Waals surface area contributed by atoms with Gasteiger partial charge in [0.05, 0.1) is 0 Å². The topological polar surface area (TPSA) is 46.9 Å². The minimum Gasteiger partial charge on any atom is -0.309 e. The number of hydrogen-bond donors (Lipinski definition) is 1. The molecule has 4 nitrogen and oxygen atoms in total. The Morgan fingerprint density at radius 1 is 1.64 bits per heavy atom. The van der Waals surface area contributed by atoms with Crippen molar-refractivity contribution < 1.29 is 0 Å². The second-order valence-electron chi connectivity index (χ2n) is 2.55. The molecule has 2 rings (SSSR count). The van der Waals surface area contributed by atoms with Gasteiger partial charge in [-0.1, -0.05) is 0 Å². The number of nitrogens with one attached hydrogen (secondary N) is 1. The standard InChI is InChI=1S/C7H9N3O/c11-7-9-2-1-6-5-8-3-4-10(6)7/h1-2,8H,3-5H2. The Labute approximate surface area is 63.9 Å². The predicted molar refractivity (Wildman–Crippen MR) is 40.2 cm³/mol. The van der Waals surface area contributed by atoms with Crippen LogP contribution in [0.5, 0.6) is 0 Å². The molecule has 0 amide bonds. The first-order chi connectivity index (χ1) is 5.38. The van der Waals surface area contributed by atoms with Gasteiger partial charge in [0, 0.05) is 31.5 Å². The molecule has 0 bridgehead atoms. The van der Waals surface area contributed by atoms with E-state index in [9.17, 15) is 4.79 Å². The smallest absolute Gasteiger partial charge is 0.309 e. The van der Waals surface area contributed by atoms with E-state index in [1.165, 1.54) is 0 Å². The van der Waals surface area contributed by atoms with E-state index >= 15 is 0 Å². The highest BCUT2D eigenvalue weighted by molar-refractivity contribution is 5.02. The summed E-state index contributed by atoms with van der Waals surface area (Å²) < 4.78 is 1.70. The van der Waals surface area contributed by atoms with Crippen molar-refractivity contribution in [2.45, 2.75) is 13.1 Å². The monoisotopic (exact) mass is 151 g/mol. The zero-order valence-electron chi connectivity index (χ0n) is 6.08. The zero-order valence-corrected chi connectivity index (χ0v) is 6.08. The molecule has 1 aromatic heterocycles. The van der Waals surface area contributed by atoms with E-state index in [4.69, 9.17) is 0 Å². The fraction of sp³-hybridized carbons (Fsp3) is 0.429. The molecular weight excluding hydrogens is 142 g/mol. The molecule has 0 saturated carbocycles. The number of aromatic nitrogens is 2. The van der Waals surface area contributed by atoms with Gasteiger partial charge in [-0.25, -0.2) is 9.78 Å². The van der Waals surface area contributed by atoms with Gasteiger partial charge in [-0.3, -0.25) is 4.57 Å². The van der Waals surface area contributed by atoms with Crippen molar-refractivity contribution in [2.75, 3.05) is 6.54 Å². The van der Waals surface area contributed by atoms with E-state index in [1.807, 2.05) is 6.07 Å². The summed E-state index contributed by atoms with van der Waals surface area (Å²) in [6, 6.07) is 1.87. The first-order valence-electron chi connectivity index (χ1n) is 3.63. The van der Waals surface area contributed by atoms with Crippen LogP contribution < -0.4 is 11.0 Å². The van der Waals surface area contributed by atoms with E-state index in [1.54, 1.807) is 10.8 Å². The van der Waals surface area contributed by atoms with Crippen molar-refractivity contribution in [1.29, 1.82) is 0 Å². The van der Waals surface area contributed by atoms with Gasteiger partial charge in [0.2, 0.25) is 0 Å². The van der Waals surface area contributed by atoms with Crippen molar-refractivity contribution in [2.24, 2.45) is 0 Å². The van der Waals surface area contributed by atoms with Crippen LogP contribution >= 0.6 is 0 Å². The molecule has 0 saturated heterocycles. The molecule has 0 unspecified atom stereocenters. The van der Waals surface area contributed by atoms with E-state index in [0.29, 0.717) is 0 Å². The lowest BCUT2D eigenvalue weighted by Crippen LogP contribution is -2.36. The van der Waals surface area contributed by atoms with Crippen LogP contribution in [-0.4, -0.2) is 16.1 Å². The molecule has 0 aliphatic carbocycles. The molecule has 0 fully saturated rings. The largest absolute Gasteiger partial charge is 0.347 e. The summed E-state index contributed by atoms with van der Waals surface area (Å²) in [7, 11) is 0. The Bertz CT molecular complexity index is 318. The van der Waals surface area contributed by atoms with Gasteiger partial charge in [-0.2, -0.15) is 0 Å². The lowest BCUT2D eigenvalue weighted by molar-refractivity contribution is 0.490. The average molecular weight is 151 g/mol. The molecule has 0 radical (unpaired) electrons. The van der Waals surface area contributed by atoms with Crippen LogP contribution in [0.1, 0.15) is 5.69 Å². The summed E-state index contributed by atoms with van der Waals surface area (Å²) in [6.07, 6.45) is 1.56. The van der Waals surface area contributed by atoms with Gasteiger partial charge in [-0.05, 0) is 6.07 Å². The fourth-order valence-electron chi connectivity index (χ4n) is 1.27. The van der Waals surface area contributed by atoms with Crippen LogP contribution in [0, 0.1) is 0 Å². The highest BCUT2D eigenvalue weighted by Crippen LogP contribution is 1.97. The maximum atomic E-state index is 11.1. The molecule has 0 aromatic carbocycles.